The van der Waals surface area contributed by atoms with Gasteiger partial charge >= 0.3 is 0 Å². The monoisotopic (exact) mass is 340 g/mol. The topological polar surface area (TPSA) is 25.8 Å². The molecule has 0 saturated heterocycles. The second kappa shape index (κ2) is 8.20. The van der Waals surface area contributed by atoms with Gasteiger partial charge in [0.05, 0.1) is 5.56 Å². The van der Waals surface area contributed by atoms with E-state index in [9.17, 15) is 8.78 Å². The standard InChI is InChI=1S/C21H22F2N2/c1-2-3-15-4-6-16(7-5-15)8-9-17-13-24-21(25-14-17)18-10-11-19(22)20(23)12-18/h10-16H,2-7H2,1H3/t15-,16-. The van der Waals surface area contributed by atoms with Crippen LogP contribution in [0.15, 0.2) is 30.6 Å². The maximum absolute atomic E-state index is 13.3. The molecule has 3 rings (SSSR count). The first-order valence-electron chi connectivity index (χ1n) is 8.94. The Morgan fingerprint density at radius 3 is 2.40 bits per heavy atom. The minimum Gasteiger partial charge on any atom is -0.235 e. The molecule has 2 nitrogen and oxygen atoms in total. The van der Waals surface area contributed by atoms with Crippen LogP contribution in [0.25, 0.3) is 11.4 Å². The van der Waals surface area contributed by atoms with Crippen LogP contribution in [0.1, 0.15) is 51.0 Å². The second-order valence-electron chi connectivity index (χ2n) is 6.70. The number of benzene rings is 1. The zero-order valence-corrected chi connectivity index (χ0v) is 14.4. The number of rotatable bonds is 3. The molecule has 2 aromatic rings. The van der Waals surface area contributed by atoms with Crippen LogP contribution >= 0.6 is 0 Å². The van der Waals surface area contributed by atoms with Crippen LogP contribution in [0.2, 0.25) is 0 Å². The molecule has 1 saturated carbocycles. The van der Waals surface area contributed by atoms with Gasteiger partial charge in [-0.05, 0) is 49.8 Å². The Morgan fingerprint density at radius 1 is 1.04 bits per heavy atom. The first-order chi connectivity index (χ1) is 12.2. The van der Waals surface area contributed by atoms with Crippen molar-refractivity contribution >= 4 is 0 Å². The zero-order chi connectivity index (χ0) is 17.6. The summed E-state index contributed by atoms with van der Waals surface area (Å²) in [6.07, 6.45) is 10.8. The van der Waals surface area contributed by atoms with E-state index in [1.54, 1.807) is 12.4 Å². The Bertz CT molecular complexity index is 767. The normalized spacial score (nSPS) is 20.0. The molecule has 0 unspecified atom stereocenters. The van der Waals surface area contributed by atoms with Gasteiger partial charge in [-0.25, -0.2) is 18.7 Å². The highest BCUT2D eigenvalue weighted by molar-refractivity contribution is 5.55. The molecule has 1 fully saturated rings. The lowest BCUT2D eigenvalue weighted by atomic mass is 9.80. The van der Waals surface area contributed by atoms with Crippen molar-refractivity contribution in [1.82, 2.24) is 9.97 Å². The highest BCUT2D eigenvalue weighted by atomic mass is 19.2. The Hall–Kier alpha value is -2.28. The summed E-state index contributed by atoms with van der Waals surface area (Å²) in [7, 11) is 0. The molecule has 0 aliphatic heterocycles. The van der Waals surface area contributed by atoms with Gasteiger partial charge in [0, 0.05) is 23.9 Å². The fourth-order valence-corrected chi connectivity index (χ4v) is 3.37. The molecule has 1 heterocycles. The van der Waals surface area contributed by atoms with Gasteiger partial charge in [-0.1, -0.05) is 31.6 Å². The molecule has 0 amide bonds. The molecule has 0 atom stereocenters. The van der Waals surface area contributed by atoms with Crippen molar-refractivity contribution < 1.29 is 8.78 Å². The number of aromatic nitrogens is 2. The van der Waals surface area contributed by atoms with E-state index in [2.05, 4.69) is 28.7 Å². The molecule has 0 spiro atoms. The average Bonchev–Trinajstić information content (AvgIpc) is 2.64. The molecule has 1 aromatic heterocycles. The lowest BCUT2D eigenvalue weighted by molar-refractivity contribution is 0.300. The van der Waals surface area contributed by atoms with Gasteiger partial charge in [0.2, 0.25) is 0 Å². The minimum absolute atomic E-state index is 0.365. The van der Waals surface area contributed by atoms with Crippen LogP contribution in [0.5, 0.6) is 0 Å². The quantitative estimate of drug-likeness (QED) is 0.701. The Kier molecular flexibility index (Phi) is 5.75. The van der Waals surface area contributed by atoms with E-state index >= 15 is 0 Å². The summed E-state index contributed by atoms with van der Waals surface area (Å²) in [6, 6.07) is 3.65. The van der Waals surface area contributed by atoms with E-state index in [1.165, 1.54) is 44.6 Å². The molecule has 130 valence electrons. The molecular formula is C21H22F2N2. The van der Waals surface area contributed by atoms with Crippen LogP contribution < -0.4 is 0 Å². The lowest BCUT2D eigenvalue weighted by Crippen LogP contribution is -2.13. The zero-order valence-electron chi connectivity index (χ0n) is 14.4. The Morgan fingerprint density at radius 2 is 1.76 bits per heavy atom. The van der Waals surface area contributed by atoms with Crippen molar-refractivity contribution in [2.45, 2.75) is 45.4 Å². The predicted molar refractivity (Wildman–Crippen MR) is 94.6 cm³/mol. The average molecular weight is 340 g/mol. The Labute approximate surface area is 147 Å². The Balaban J connectivity index is 1.63. The van der Waals surface area contributed by atoms with Gasteiger partial charge in [0.15, 0.2) is 17.5 Å². The van der Waals surface area contributed by atoms with Crippen LogP contribution in [0, 0.1) is 35.3 Å². The molecule has 1 aromatic carbocycles. The molecule has 0 radical (unpaired) electrons. The summed E-state index contributed by atoms with van der Waals surface area (Å²) in [5.74, 6) is 6.41. The summed E-state index contributed by atoms with van der Waals surface area (Å²) in [5, 5.41) is 0. The third-order valence-electron chi connectivity index (χ3n) is 4.79. The minimum atomic E-state index is -0.899. The summed E-state index contributed by atoms with van der Waals surface area (Å²) in [6.45, 7) is 2.25. The maximum atomic E-state index is 13.3. The predicted octanol–water partition coefficient (Wildman–Crippen LogP) is 5.38. The first kappa shape index (κ1) is 17.5. The summed E-state index contributed by atoms with van der Waals surface area (Å²) < 4.78 is 26.3. The molecule has 1 aliphatic rings. The molecule has 25 heavy (non-hydrogen) atoms. The van der Waals surface area contributed by atoms with E-state index in [-0.39, 0.29) is 0 Å². The molecule has 0 bridgehead atoms. The highest BCUT2D eigenvalue weighted by Crippen LogP contribution is 2.31. The SMILES string of the molecule is CCC[C@H]1CC[C@H](C#Cc2cnc(-c3ccc(F)c(F)c3)nc2)CC1. The van der Waals surface area contributed by atoms with Crippen LogP contribution in [-0.2, 0) is 0 Å². The molecular weight excluding hydrogens is 318 g/mol. The van der Waals surface area contributed by atoms with Crippen molar-refractivity contribution in [3.8, 4) is 23.2 Å². The maximum Gasteiger partial charge on any atom is 0.159 e. The van der Waals surface area contributed by atoms with Gasteiger partial charge in [0.25, 0.3) is 0 Å². The number of halogens is 2. The van der Waals surface area contributed by atoms with E-state index in [0.717, 1.165) is 23.6 Å². The van der Waals surface area contributed by atoms with E-state index < -0.39 is 11.6 Å². The van der Waals surface area contributed by atoms with Crippen molar-refractivity contribution in [2.75, 3.05) is 0 Å². The van der Waals surface area contributed by atoms with Crippen LogP contribution in [-0.4, -0.2) is 9.97 Å². The van der Waals surface area contributed by atoms with Gasteiger partial charge in [-0.15, -0.1) is 0 Å². The van der Waals surface area contributed by atoms with Gasteiger partial charge in [-0.3, -0.25) is 0 Å². The molecule has 1 aliphatic carbocycles. The third kappa shape index (κ3) is 4.63. The van der Waals surface area contributed by atoms with Crippen molar-refractivity contribution in [1.29, 1.82) is 0 Å². The van der Waals surface area contributed by atoms with Gasteiger partial charge in [0.1, 0.15) is 0 Å². The van der Waals surface area contributed by atoms with Gasteiger partial charge < -0.3 is 0 Å². The molecule has 0 N–H and O–H groups in total. The number of nitrogens with zero attached hydrogens (tertiary/aromatic N) is 2. The third-order valence-corrected chi connectivity index (χ3v) is 4.79. The number of hydrogen-bond acceptors (Lipinski definition) is 2. The van der Waals surface area contributed by atoms with Gasteiger partial charge in [-0.2, -0.15) is 0 Å². The fraction of sp³-hybridized carbons (Fsp3) is 0.429. The van der Waals surface area contributed by atoms with Crippen molar-refractivity contribution in [2.24, 2.45) is 11.8 Å². The second-order valence-corrected chi connectivity index (χ2v) is 6.70. The summed E-state index contributed by atoms with van der Waals surface area (Å²) in [4.78, 5) is 8.43. The van der Waals surface area contributed by atoms with E-state index in [1.807, 2.05) is 0 Å². The van der Waals surface area contributed by atoms with E-state index in [4.69, 9.17) is 0 Å². The fourth-order valence-electron chi connectivity index (χ4n) is 3.37. The van der Waals surface area contributed by atoms with E-state index in [0.29, 0.717) is 17.3 Å². The highest BCUT2D eigenvalue weighted by Gasteiger charge is 2.18. The first-order valence-corrected chi connectivity index (χ1v) is 8.94. The van der Waals surface area contributed by atoms with Crippen molar-refractivity contribution in [3.05, 3.63) is 47.8 Å². The largest absolute Gasteiger partial charge is 0.235 e. The molecule has 4 heteroatoms. The van der Waals surface area contributed by atoms with Crippen LogP contribution in [0.4, 0.5) is 8.78 Å². The summed E-state index contributed by atoms with van der Waals surface area (Å²) in [5.41, 5.74) is 1.20. The summed E-state index contributed by atoms with van der Waals surface area (Å²) >= 11 is 0. The van der Waals surface area contributed by atoms with Crippen molar-refractivity contribution in [3.63, 3.8) is 0 Å². The van der Waals surface area contributed by atoms with Crippen LogP contribution in [0.3, 0.4) is 0 Å². The smallest absolute Gasteiger partial charge is 0.159 e. The lowest BCUT2D eigenvalue weighted by Gasteiger charge is -2.25. The number of hydrogen-bond donors (Lipinski definition) is 0.